The Bertz CT molecular complexity index is 1530. The minimum Gasteiger partial charge on any atom is -0.369 e. The minimum atomic E-state index is 0.537. The summed E-state index contributed by atoms with van der Waals surface area (Å²) in [6, 6.07) is 31.5. The first-order valence-electron chi connectivity index (χ1n) is 13.5. The Kier molecular flexibility index (Phi) is 7.05. The van der Waals surface area contributed by atoms with Gasteiger partial charge in [0.05, 0.1) is 11.7 Å². The highest BCUT2D eigenvalue weighted by molar-refractivity contribution is 5.93. The number of fused-ring (bicyclic) bond motifs is 1. The maximum absolute atomic E-state index is 9.16. The molecule has 0 atom stereocenters. The van der Waals surface area contributed by atoms with Crippen LogP contribution in [-0.2, 0) is 13.1 Å². The number of anilines is 1. The first-order valence-corrected chi connectivity index (χ1v) is 13.5. The molecule has 1 aliphatic rings. The van der Waals surface area contributed by atoms with Crippen molar-refractivity contribution in [2.75, 3.05) is 37.6 Å². The van der Waals surface area contributed by atoms with Gasteiger partial charge in [0, 0.05) is 56.7 Å². The number of aromatic nitrogens is 3. The van der Waals surface area contributed by atoms with Gasteiger partial charge in [0.15, 0.2) is 0 Å². The number of nitrogens with zero attached hydrogens (tertiary/aromatic N) is 5. The molecule has 6 rings (SSSR count). The third-order valence-corrected chi connectivity index (χ3v) is 7.54. The van der Waals surface area contributed by atoms with Crippen molar-refractivity contribution >= 4 is 16.7 Å². The summed E-state index contributed by atoms with van der Waals surface area (Å²) in [6.07, 6.45) is 5.02. The molecule has 1 saturated heterocycles. The second-order valence-corrected chi connectivity index (χ2v) is 10.0. The number of aryl methyl sites for hydroxylation is 1. The molecule has 0 radical (unpaired) electrons. The van der Waals surface area contributed by atoms with Crippen LogP contribution in [0.1, 0.15) is 12.0 Å². The zero-order chi connectivity index (χ0) is 25.7. The zero-order valence-electron chi connectivity index (χ0n) is 21.7. The summed E-state index contributed by atoms with van der Waals surface area (Å²) in [6.45, 7) is 6.83. The van der Waals surface area contributed by atoms with Crippen LogP contribution in [0.3, 0.4) is 0 Å². The minimum absolute atomic E-state index is 0.537. The Labute approximate surface area is 223 Å². The molecule has 3 aromatic carbocycles. The molecule has 0 spiro atoms. The molecule has 0 bridgehead atoms. The smallest absolute Gasteiger partial charge is 0.146 e. The number of piperazine rings is 1. The van der Waals surface area contributed by atoms with Gasteiger partial charge in [-0.2, -0.15) is 0 Å². The number of hydrogen-bond donors (Lipinski definition) is 1. The summed E-state index contributed by atoms with van der Waals surface area (Å²) in [7, 11) is 0. The largest absolute Gasteiger partial charge is 0.369 e. The second kappa shape index (κ2) is 11.1. The van der Waals surface area contributed by atoms with E-state index in [-0.39, 0.29) is 0 Å². The summed E-state index contributed by atoms with van der Waals surface area (Å²) in [4.78, 5) is 9.89. The van der Waals surface area contributed by atoms with Crippen molar-refractivity contribution in [1.82, 2.24) is 19.0 Å². The van der Waals surface area contributed by atoms with E-state index in [1.807, 2.05) is 23.0 Å². The lowest BCUT2D eigenvalue weighted by Gasteiger charge is -2.36. The third-order valence-electron chi connectivity index (χ3n) is 7.54. The predicted molar refractivity (Wildman–Crippen MR) is 154 cm³/mol. The maximum atomic E-state index is 9.16. The molecule has 6 nitrogen and oxygen atoms in total. The molecular formula is C32H34N6. The van der Waals surface area contributed by atoms with Gasteiger partial charge >= 0.3 is 0 Å². The van der Waals surface area contributed by atoms with Crippen LogP contribution in [0.2, 0.25) is 0 Å². The number of rotatable bonds is 8. The van der Waals surface area contributed by atoms with Gasteiger partial charge in [0.25, 0.3) is 0 Å². The molecule has 38 heavy (non-hydrogen) atoms. The van der Waals surface area contributed by atoms with Gasteiger partial charge in [-0.15, -0.1) is 0 Å². The molecule has 1 N–H and O–H groups in total. The van der Waals surface area contributed by atoms with Gasteiger partial charge in [0.2, 0.25) is 0 Å². The summed E-state index contributed by atoms with van der Waals surface area (Å²) in [5.74, 6) is 0. The van der Waals surface area contributed by atoms with Crippen molar-refractivity contribution in [3.8, 4) is 11.1 Å². The molecule has 2 aromatic heterocycles. The average Bonchev–Trinajstić information content (AvgIpc) is 3.35. The highest BCUT2D eigenvalue weighted by Gasteiger charge is 2.18. The lowest BCUT2D eigenvalue weighted by atomic mass is 10.1. The van der Waals surface area contributed by atoms with E-state index >= 15 is 0 Å². The highest BCUT2D eigenvalue weighted by Crippen LogP contribution is 2.28. The molecule has 0 aliphatic carbocycles. The van der Waals surface area contributed by atoms with E-state index in [1.165, 1.54) is 11.3 Å². The molecule has 0 saturated carbocycles. The third kappa shape index (κ3) is 5.13. The monoisotopic (exact) mass is 502 g/mol. The number of hydrogen-bond acceptors (Lipinski definition) is 4. The van der Waals surface area contributed by atoms with Gasteiger partial charge in [0.1, 0.15) is 11.1 Å². The standard InChI is InChI=1S/C32H34N6/c33-31-30-29(27-13-6-2-7-14-27)24-38(23-26-11-4-1-5-12-26)32(30)34-25-37(31)18-10-17-35-19-21-36(22-20-35)28-15-8-3-9-16-28/h1-9,11-16,24-25,33H,10,17-23H2. The molecule has 3 heterocycles. The molecule has 6 heteroatoms. The van der Waals surface area contributed by atoms with Crippen molar-refractivity contribution in [1.29, 1.82) is 5.41 Å². The molecule has 0 unspecified atom stereocenters. The van der Waals surface area contributed by atoms with E-state index in [0.29, 0.717) is 5.49 Å². The Balaban J connectivity index is 1.19. The van der Waals surface area contributed by atoms with E-state index in [2.05, 4.69) is 99.4 Å². The van der Waals surface area contributed by atoms with Crippen LogP contribution in [0, 0.1) is 5.41 Å². The van der Waals surface area contributed by atoms with Crippen molar-refractivity contribution in [2.24, 2.45) is 0 Å². The Morgan fingerprint density at radius 2 is 1.37 bits per heavy atom. The van der Waals surface area contributed by atoms with Gasteiger partial charge in [-0.05, 0) is 36.2 Å². The number of nitrogens with one attached hydrogen (secondary N) is 1. The fourth-order valence-corrected chi connectivity index (χ4v) is 5.48. The first kappa shape index (κ1) is 24.2. The van der Waals surface area contributed by atoms with Crippen molar-refractivity contribution in [2.45, 2.75) is 19.5 Å². The fraction of sp³-hybridized carbons (Fsp3) is 0.250. The van der Waals surface area contributed by atoms with Crippen molar-refractivity contribution in [3.05, 3.63) is 115 Å². The van der Waals surface area contributed by atoms with Crippen LogP contribution in [0.5, 0.6) is 0 Å². The first-order chi connectivity index (χ1) is 18.8. The summed E-state index contributed by atoms with van der Waals surface area (Å²) >= 11 is 0. The van der Waals surface area contributed by atoms with E-state index in [9.17, 15) is 0 Å². The molecule has 192 valence electrons. The maximum Gasteiger partial charge on any atom is 0.146 e. The highest BCUT2D eigenvalue weighted by atomic mass is 15.3. The van der Waals surface area contributed by atoms with Gasteiger partial charge in [-0.3, -0.25) is 10.3 Å². The van der Waals surface area contributed by atoms with Crippen LogP contribution in [0.4, 0.5) is 5.69 Å². The van der Waals surface area contributed by atoms with E-state index in [4.69, 9.17) is 10.4 Å². The number of benzene rings is 3. The normalized spacial score (nSPS) is 14.3. The summed E-state index contributed by atoms with van der Waals surface area (Å²) < 4.78 is 4.20. The molecule has 1 fully saturated rings. The van der Waals surface area contributed by atoms with Crippen LogP contribution in [0.15, 0.2) is 104 Å². The SMILES string of the molecule is N=c1c2c(-c3ccccc3)cn(Cc3ccccc3)c2ncn1CCCN1CCN(c2ccccc2)CC1. The Morgan fingerprint density at radius 1 is 0.711 bits per heavy atom. The topological polar surface area (TPSA) is 53.1 Å². The van der Waals surface area contributed by atoms with Gasteiger partial charge in [-0.1, -0.05) is 78.9 Å². The average molecular weight is 503 g/mol. The second-order valence-electron chi connectivity index (χ2n) is 10.0. The van der Waals surface area contributed by atoms with Crippen LogP contribution in [-0.4, -0.2) is 51.7 Å². The van der Waals surface area contributed by atoms with Crippen LogP contribution < -0.4 is 10.4 Å². The van der Waals surface area contributed by atoms with E-state index < -0.39 is 0 Å². The van der Waals surface area contributed by atoms with Gasteiger partial charge < -0.3 is 14.0 Å². The molecule has 0 amide bonds. The predicted octanol–water partition coefficient (Wildman–Crippen LogP) is 5.24. The van der Waals surface area contributed by atoms with Gasteiger partial charge in [-0.25, -0.2) is 4.98 Å². The summed E-state index contributed by atoms with van der Waals surface area (Å²) in [5, 5.41) is 10.1. The summed E-state index contributed by atoms with van der Waals surface area (Å²) in [5.41, 5.74) is 6.13. The Morgan fingerprint density at radius 3 is 2.08 bits per heavy atom. The Hall–Kier alpha value is -4.16. The fourth-order valence-electron chi connectivity index (χ4n) is 5.48. The lowest BCUT2D eigenvalue weighted by Crippen LogP contribution is -2.46. The van der Waals surface area contributed by atoms with Crippen molar-refractivity contribution in [3.63, 3.8) is 0 Å². The van der Waals surface area contributed by atoms with E-state index in [0.717, 1.165) is 74.4 Å². The molecule has 5 aromatic rings. The van der Waals surface area contributed by atoms with Crippen LogP contribution in [0.25, 0.3) is 22.2 Å². The molecule has 1 aliphatic heterocycles. The molecular weight excluding hydrogens is 468 g/mol. The van der Waals surface area contributed by atoms with E-state index in [1.54, 1.807) is 0 Å². The zero-order valence-corrected chi connectivity index (χ0v) is 21.7. The van der Waals surface area contributed by atoms with Crippen LogP contribution >= 0.6 is 0 Å². The number of para-hydroxylation sites is 1. The quantitative estimate of drug-likeness (QED) is 0.316. The lowest BCUT2D eigenvalue weighted by molar-refractivity contribution is 0.250. The van der Waals surface area contributed by atoms with Crippen molar-refractivity contribution < 1.29 is 0 Å².